The van der Waals surface area contributed by atoms with Crippen molar-refractivity contribution >= 4 is 28.9 Å². The van der Waals surface area contributed by atoms with Crippen molar-refractivity contribution in [2.75, 3.05) is 0 Å². The Kier molecular flexibility index (Phi) is 4.22. The molecule has 0 aliphatic rings. The predicted octanol–water partition coefficient (Wildman–Crippen LogP) is 3.60. The maximum atomic E-state index is 11.1. The average molecular weight is 350 g/mol. The molecule has 3 rings (SSSR count). The summed E-state index contributed by atoms with van der Waals surface area (Å²) >= 11 is 12.2. The van der Waals surface area contributed by atoms with Gasteiger partial charge in [-0.25, -0.2) is 4.68 Å². The van der Waals surface area contributed by atoms with E-state index in [0.29, 0.717) is 27.0 Å². The third kappa shape index (κ3) is 3.01. The van der Waals surface area contributed by atoms with Crippen molar-refractivity contribution in [2.24, 2.45) is 0 Å². The van der Waals surface area contributed by atoms with Gasteiger partial charge in [0.25, 0.3) is 5.69 Å². The van der Waals surface area contributed by atoms with Gasteiger partial charge in [-0.3, -0.25) is 10.1 Å². The van der Waals surface area contributed by atoms with E-state index in [1.165, 1.54) is 10.7 Å². The molecule has 9 heteroatoms. The number of halogens is 2. The Morgan fingerprint density at radius 1 is 1.13 bits per heavy atom. The van der Waals surface area contributed by atoms with E-state index in [0.717, 1.165) is 0 Å². The molecule has 1 heterocycles. The molecule has 0 unspecified atom stereocenters. The molecule has 0 aliphatic heterocycles. The van der Waals surface area contributed by atoms with Gasteiger partial charge in [0.15, 0.2) is 5.82 Å². The highest BCUT2D eigenvalue weighted by Crippen LogP contribution is 2.32. The van der Waals surface area contributed by atoms with Crippen LogP contribution in [0.3, 0.4) is 0 Å². The van der Waals surface area contributed by atoms with Gasteiger partial charge in [0.1, 0.15) is 0 Å². The average Bonchev–Trinajstić information content (AvgIpc) is 2.98. The van der Waals surface area contributed by atoms with E-state index in [1.807, 2.05) is 0 Å². The van der Waals surface area contributed by atoms with E-state index >= 15 is 0 Å². The van der Waals surface area contributed by atoms with Gasteiger partial charge in [-0.2, -0.15) is 0 Å². The van der Waals surface area contributed by atoms with Crippen LogP contribution in [-0.4, -0.2) is 25.1 Å². The van der Waals surface area contributed by atoms with Gasteiger partial charge in [0.05, 0.1) is 27.1 Å². The smallest absolute Gasteiger partial charge is 0.258 e. The van der Waals surface area contributed by atoms with Crippen molar-refractivity contribution in [3.05, 3.63) is 68.2 Å². The molecule has 0 atom stereocenters. The Hall–Kier alpha value is -2.51. The van der Waals surface area contributed by atoms with Crippen LogP contribution in [0.1, 0.15) is 5.56 Å². The monoisotopic (exact) mass is 349 g/mol. The van der Waals surface area contributed by atoms with E-state index in [9.17, 15) is 10.1 Å². The summed E-state index contributed by atoms with van der Waals surface area (Å²) in [7, 11) is 0. The van der Waals surface area contributed by atoms with Crippen molar-refractivity contribution in [1.82, 2.24) is 20.2 Å². The van der Waals surface area contributed by atoms with Crippen LogP contribution in [-0.2, 0) is 6.54 Å². The van der Waals surface area contributed by atoms with Crippen LogP contribution in [0.5, 0.6) is 0 Å². The minimum Gasteiger partial charge on any atom is -0.258 e. The standard InChI is InChI=1S/C14H9Cl2N5O2/c15-11-6-3-5-10(13(11)16)14-17-18-19-20(14)8-9-4-1-2-7-12(9)21(22)23/h1-7H,8H2. The Bertz CT molecular complexity index is 881. The first-order valence-corrected chi connectivity index (χ1v) is 7.26. The van der Waals surface area contributed by atoms with Gasteiger partial charge in [-0.1, -0.05) is 47.5 Å². The number of nitro benzene ring substituents is 1. The molecule has 2 aromatic carbocycles. The van der Waals surface area contributed by atoms with Crippen LogP contribution in [0.4, 0.5) is 5.69 Å². The third-order valence-electron chi connectivity index (χ3n) is 3.23. The highest BCUT2D eigenvalue weighted by Gasteiger charge is 2.18. The third-order valence-corrected chi connectivity index (χ3v) is 4.05. The number of rotatable bonds is 4. The van der Waals surface area contributed by atoms with Crippen molar-refractivity contribution in [2.45, 2.75) is 6.54 Å². The first-order valence-electron chi connectivity index (χ1n) is 6.51. The molecule has 0 amide bonds. The van der Waals surface area contributed by atoms with E-state index in [-0.39, 0.29) is 12.2 Å². The van der Waals surface area contributed by atoms with Crippen molar-refractivity contribution in [3.63, 3.8) is 0 Å². The second-order valence-corrected chi connectivity index (χ2v) is 5.43. The summed E-state index contributed by atoms with van der Waals surface area (Å²) in [6.07, 6.45) is 0. The van der Waals surface area contributed by atoms with Gasteiger partial charge >= 0.3 is 0 Å². The van der Waals surface area contributed by atoms with Gasteiger partial charge in [-0.05, 0) is 22.6 Å². The SMILES string of the molecule is O=[N+]([O-])c1ccccc1Cn1nnnc1-c1cccc(Cl)c1Cl. The van der Waals surface area contributed by atoms with Crippen molar-refractivity contribution < 1.29 is 4.92 Å². The van der Waals surface area contributed by atoms with Crippen LogP contribution in [0.25, 0.3) is 11.4 Å². The minimum atomic E-state index is -0.439. The number of hydrogen-bond donors (Lipinski definition) is 0. The summed E-state index contributed by atoms with van der Waals surface area (Å²) in [5.41, 5.74) is 1.05. The molecule has 0 aliphatic carbocycles. The van der Waals surface area contributed by atoms with Crippen LogP contribution < -0.4 is 0 Å². The van der Waals surface area contributed by atoms with Gasteiger partial charge in [-0.15, -0.1) is 5.10 Å². The van der Waals surface area contributed by atoms with Crippen LogP contribution >= 0.6 is 23.2 Å². The van der Waals surface area contributed by atoms with Gasteiger partial charge in [0, 0.05) is 11.6 Å². The topological polar surface area (TPSA) is 86.7 Å². The number of para-hydroxylation sites is 1. The zero-order valence-electron chi connectivity index (χ0n) is 11.6. The largest absolute Gasteiger partial charge is 0.274 e. The normalized spacial score (nSPS) is 10.7. The molecule has 7 nitrogen and oxygen atoms in total. The van der Waals surface area contributed by atoms with Crippen molar-refractivity contribution in [3.8, 4) is 11.4 Å². The molecule has 3 aromatic rings. The zero-order chi connectivity index (χ0) is 16.4. The Balaban J connectivity index is 2.03. The fourth-order valence-corrected chi connectivity index (χ4v) is 2.55. The van der Waals surface area contributed by atoms with Crippen LogP contribution in [0, 0.1) is 10.1 Å². The predicted molar refractivity (Wildman–Crippen MR) is 85.5 cm³/mol. The summed E-state index contributed by atoms with van der Waals surface area (Å²) in [6.45, 7) is 0.141. The van der Waals surface area contributed by atoms with E-state index in [2.05, 4.69) is 15.5 Å². The summed E-state index contributed by atoms with van der Waals surface area (Å²) < 4.78 is 1.44. The molecule has 0 radical (unpaired) electrons. The molecular formula is C14H9Cl2N5O2. The number of benzene rings is 2. The molecule has 116 valence electrons. The summed E-state index contributed by atoms with van der Waals surface area (Å²) in [6, 6.07) is 11.5. The highest BCUT2D eigenvalue weighted by atomic mass is 35.5. The second-order valence-electron chi connectivity index (χ2n) is 4.65. The lowest BCUT2D eigenvalue weighted by molar-refractivity contribution is -0.385. The second kappa shape index (κ2) is 6.31. The number of tetrazole rings is 1. The molecule has 0 spiro atoms. The summed E-state index contributed by atoms with van der Waals surface area (Å²) in [5, 5.41) is 23.3. The first-order chi connectivity index (χ1) is 11.1. The van der Waals surface area contributed by atoms with Gasteiger partial charge < -0.3 is 0 Å². The maximum absolute atomic E-state index is 11.1. The molecule has 1 aromatic heterocycles. The van der Waals surface area contributed by atoms with Crippen molar-refractivity contribution in [1.29, 1.82) is 0 Å². The minimum absolute atomic E-state index is 0.00569. The molecular weight excluding hydrogens is 341 g/mol. The lowest BCUT2D eigenvalue weighted by atomic mass is 10.1. The number of hydrogen-bond acceptors (Lipinski definition) is 5. The molecule has 23 heavy (non-hydrogen) atoms. The Morgan fingerprint density at radius 2 is 1.91 bits per heavy atom. The first kappa shape index (κ1) is 15.4. The Morgan fingerprint density at radius 3 is 2.70 bits per heavy atom. The molecule has 0 saturated heterocycles. The quantitative estimate of drug-likeness (QED) is 0.530. The lowest BCUT2D eigenvalue weighted by Crippen LogP contribution is -2.07. The van der Waals surface area contributed by atoms with E-state index in [1.54, 1.807) is 36.4 Å². The number of nitro groups is 1. The number of nitrogens with zero attached hydrogens (tertiary/aromatic N) is 5. The van der Waals surface area contributed by atoms with E-state index in [4.69, 9.17) is 23.2 Å². The molecule has 0 bridgehead atoms. The molecule has 0 fully saturated rings. The zero-order valence-corrected chi connectivity index (χ0v) is 13.1. The molecule has 0 N–H and O–H groups in total. The summed E-state index contributed by atoms with van der Waals surface area (Å²) in [5.74, 6) is 0.385. The highest BCUT2D eigenvalue weighted by molar-refractivity contribution is 6.43. The lowest BCUT2D eigenvalue weighted by Gasteiger charge is -2.07. The fraction of sp³-hybridized carbons (Fsp3) is 0.0714. The van der Waals surface area contributed by atoms with Gasteiger partial charge in [0.2, 0.25) is 0 Å². The maximum Gasteiger partial charge on any atom is 0.274 e. The Labute approximate surface area is 140 Å². The van der Waals surface area contributed by atoms with Crippen LogP contribution in [0.15, 0.2) is 42.5 Å². The summed E-state index contributed by atoms with van der Waals surface area (Å²) in [4.78, 5) is 10.7. The van der Waals surface area contributed by atoms with E-state index < -0.39 is 4.92 Å². The fourth-order valence-electron chi connectivity index (χ4n) is 2.16. The number of aromatic nitrogens is 4. The van der Waals surface area contributed by atoms with Crippen LogP contribution in [0.2, 0.25) is 10.0 Å². The molecule has 0 saturated carbocycles.